The van der Waals surface area contributed by atoms with Crippen molar-refractivity contribution in [2.45, 2.75) is 45.6 Å². The molecule has 1 fully saturated rings. The molecule has 1 aromatic carbocycles. The molecule has 0 saturated carbocycles. The van der Waals surface area contributed by atoms with E-state index in [1.165, 1.54) is 5.56 Å². The number of benzene rings is 1. The average Bonchev–Trinajstić information content (AvgIpc) is 3.05. The van der Waals surface area contributed by atoms with Crippen molar-refractivity contribution in [3.8, 4) is 11.3 Å². The molecule has 0 unspecified atom stereocenters. The highest BCUT2D eigenvalue weighted by Gasteiger charge is 2.26. The second kappa shape index (κ2) is 7.76. The summed E-state index contributed by atoms with van der Waals surface area (Å²) >= 11 is 0. The van der Waals surface area contributed by atoms with Gasteiger partial charge in [-0.05, 0) is 49.0 Å². The number of piperidine rings is 1. The summed E-state index contributed by atoms with van der Waals surface area (Å²) in [6.07, 6.45) is 3.29. The molecule has 0 radical (unpaired) electrons. The number of likely N-dealkylation sites (tertiary alicyclic amines) is 1. The molecule has 2 aromatic heterocycles. The first-order valence-corrected chi connectivity index (χ1v) is 10.5. The number of nitrogens with zero attached hydrogens (tertiary/aromatic N) is 3. The Hall–Kier alpha value is -2.86. The van der Waals surface area contributed by atoms with Gasteiger partial charge in [0.15, 0.2) is 0 Å². The van der Waals surface area contributed by atoms with Crippen LogP contribution < -0.4 is 5.73 Å². The van der Waals surface area contributed by atoms with Gasteiger partial charge in [-0.3, -0.25) is 9.69 Å². The summed E-state index contributed by atoms with van der Waals surface area (Å²) in [5.74, 6) is -0.916. The number of nitrogen functional groups attached to an aromatic ring is 1. The quantitative estimate of drug-likeness (QED) is 0.679. The Bertz CT molecular complexity index is 1060. The zero-order valence-electron chi connectivity index (χ0n) is 17.9. The highest BCUT2D eigenvalue weighted by Crippen LogP contribution is 2.30. The number of rotatable bonds is 4. The largest absolute Gasteiger partial charge is 0.481 e. The molecule has 3 aromatic rings. The SMILES string of the molecule is CC(C)(C)c1ccc(-c2nc3ccc(N)cn3c2CN2CCC(C(=O)O)CC2)cc1. The van der Waals surface area contributed by atoms with Gasteiger partial charge in [-0.1, -0.05) is 45.0 Å². The van der Waals surface area contributed by atoms with E-state index in [2.05, 4.69) is 54.3 Å². The average molecular weight is 407 g/mol. The summed E-state index contributed by atoms with van der Waals surface area (Å²) in [4.78, 5) is 18.5. The van der Waals surface area contributed by atoms with E-state index in [1.54, 1.807) is 0 Å². The number of pyridine rings is 1. The molecule has 30 heavy (non-hydrogen) atoms. The van der Waals surface area contributed by atoms with Crippen LogP contribution in [0.1, 0.15) is 44.9 Å². The summed E-state index contributed by atoms with van der Waals surface area (Å²) in [6, 6.07) is 12.5. The molecule has 0 bridgehead atoms. The van der Waals surface area contributed by atoms with Gasteiger partial charge >= 0.3 is 5.97 Å². The van der Waals surface area contributed by atoms with E-state index in [-0.39, 0.29) is 11.3 Å². The standard InChI is InChI=1S/C24H30N4O2/c1-24(2,3)18-6-4-16(5-7-18)22-20(28-14-19(25)8-9-21(28)26-22)15-27-12-10-17(11-13-27)23(29)30/h4-9,14,17H,10-13,15,25H2,1-3H3,(H,29,30). The number of hydrogen-bond donors (Lipinski definition) is 2. The van der Waals surface area contributed by atoms with Gasteiger partial charge in [0, 0.05) is 24.0 Å². The molecule has 1 aliphatic heterocycles. The molecule has 6 nitrogen and oxygen atoms in total. The molecule has 6 heteroatoms. The third-order valence-electron chi connectivity index (χ3n) is 6.07. The summed E-state index contributed by atoms with van der Waals surface area (Å²) in [5.41, 5.74) is 12.2. The van der Waals surface area contributed by atoms with E-state index in [0.717, 1.165) is 35.7 Å². The number of aliphatic carboxylic acids is 1. The van der Waals surface area contributed by atoms with Crippen molar-refractivity contribution in [1.29, 1.82) is 0 Å². The Morgan fingerprint density at radius 2 is 1.80 bits per heavy atom. The van der Waals surface area contributed by atoms with Crippen molar-refractivity contribution in [3.05, 3.63) is 53.9 Å². The smallest absolute Gasteiger partial charge is 0.306 e. The lowest BCUT2D eigenvalue weighted by Gasteiger charge is -2.30. The first-order valence-electron chi connectivity index (χ1n) is 10.5. The number of carbonyl (C=O) groups is 1. The van der Waals surface area contributed by atoms with Gasteiger partial charge in [0.05, 0.1) is 17.3 Å². The number of nitrogens with two attached hydrogens (primary N) is 1. The Balaban J connectivity index is 1.69. The maximum atomic E-state index is 11.3. The number of fused-ring (bicyclic) bond motifs is 1. The Kier molecular flexibility index (Phi) is 5.28. The molecule has 0 atom stereocenters. The number of carboxylic acids is 1. The van der Waals surface area contributed by atoms with Crippen LogP contribution in [0.15, 0.2) is 42.6 Å². The van der Waals surface area contributed by atoms with E-state index in [9.17, 15) is 9.90 Å². The number of anilines is 1. The Morgan fingerprint density at radius 3 is 2.40 bits per heavy atom. The van der Waals surface area contributed by atoms with Crippen molar-refractivity contribution in [3.63, 3.8) is 0 Å². The van der Waals surface area contributed by atoms with Crippen LogP contribution in [0.25, 0.3) is 16.9 Å². The van der Waals surface area contributed by atoms with Crippen molar-refractivity contribution >= 4 is 17.3 Å². The summed E-state index contributed by atoms with van der Waals surface area (Å²) in [7, 11) is 0. The molecule has 0 aliphatic carbocycles. The van der Waals surface area contributed by atoms with Gasteiger partial charge in [-0.2, -0.15) is 0 Å². The first-order chi connectivity index (χ1) is 14.2. The highest BCUT2D eigenvalue weighted by atomic mass is 16.4. The van der Waals surface area contributed by atoms with Crippen molar-refractivity contribution in [1.82, 2.24) is 14.3 Å². The van der Waals surface area contributed by atoms with Crippen LogP contribution in [0.2, 0.25) is 0 Å². The van der Waals surface area contributed by atoms with Crippen LogP contribution in [0.3, 0.4) is 0 Å². The number of imidazole rings is 1. The molecular formula is C24H30N4O2. The third-order valence-corrected chi connectivity index (χ3v) is 6.07. The van der Waals surface area contributed by atoms with E-state index < -0.39 is 5.97 Å². The van der Waals surface area contributed by atoms with Crippen molar-refractivity contribution < 1.29 is 9.90 Å². The minimum Gasteiger partial charge on any atom is -0.481 e. The van der Waals surface area contributed by atoms with Crippen LogP contribution >= 0.6 is 0 Å². The molecule has 0 amide bonds. The lowest BCUT2D eigenvalue weighted by Crippen LogP contribution is -2.36. The Labute approximate surface area is 177 Å². The molecule has 4 rings (SSSR count). The molecule has 3 N–H and O–H groups in total. The van der Waals surface area contributed by atoms with Crippen LogP contribution in [0, 0.1) is 5.92 Å². The normalized spacial score (nSPS) is 16.2. The second-order valence-corrected chi connectivity index (χ2v) is 9.31. The van der Waals surface area contributed by atoms with Crippen LogP contribution in [0.5, 0.6) is 0 Å². The minimum absolute atomic E-state index is 0.100. The van der Waals surface area contributed by atoms with Crippen LogP contribution in [-0.2, 0) is 16.8 Å². The van der Waals surface area contributed by atoms with Crippen molar-refractivity contribution in [2.24, 2.45) is 5.92 Å². The maximum absolute atomic E-state index is 11.3. The fraction of sp³-hybridized carbons (Fsp3) is 0.417. The van der Waals surface area contributed by atoms with Gasteiger partial charge in [-0.25, -0.2) is 4.98 Å². The molecule has 1 saturated heterocycles. The van der Waals surface area contributed by atoms with E-state index in [0.29, 0.717) is 25.1 Å². The minimum atomic E-state index is -0.683. The summed E-state index contributed by atoms with van der Waals surface area (Å²) < 4.78 is 2.08. The zero-order chi connectivity index (χ0) is 21.5. The summed E-state index contributed by atoms with van der Waals surface area (Å²) in [6.45, 7) is 8.89. The van der Waals surface area contributed by atoms with Gasteiger partial charge in [-0.15, -0.1) is 0 Å². The van der Waals surface area contributed by atoms with E-state index >= 15 is 0 Å². The second-order valence-electron chi connectivity index (χ2n) is 9.31. The summed E-state index contributed by atoms with van der Waals surface area (Å²) in [5, 5.41) is 9.28. The first kappa shape index (κ1) is 20.4. The fourth-order valence-electron chi connectivity index (χ4n) is 4.17. The molecular weight excluding hydrogens is 376 g/mol. The predicted octanol–water partition coefficient (Wildman–Crippen LogP) is 4.18. The van der Waals surface area contributed by atoms with Crippen LogP contribution in [-0.4, -0.2) is 38.4 Å². The van der Waals surface area contributed by atoms with Crippen LogP contribution in [0.4, 0.5) is 5.69 Å². The van der Waals surface area contributed by atoms with E-state index in [1.807, 2.05) is 18.3 Å². The fourth-order valence-corrected chi connectivity index (χ4v) is 4.17. The Morgan fingerprint density at radius 1 is 1.13 bits per heavy atom. The van der Waals surface area contributed by atoms with Gasteiger partial charge in [0.25, 0.3) is 0 Å². The molecule has 1 aliphatic rings. The topological polar surface area (TPSA) is 83.9 Å². The van der Waals surface area contributed by atoms with E-state index in [4.69, 9.17) is 10.7 Å². The molecule has 0 spiro atoms. The monoisotopic (exact) mass is 406 g/mol. The predicted molar refractivity (Wildman–Crippen MR) is 119 cm³/mol. The third kappa shape index (κ3) is 4.05. The van der Waals surface area contributed by atoms with Gasteiger partial charge in [0.2, 0.25) is 0 Å². The maximum Gasteiger partial charge on any atom is 0.306 e. The number of hydrogen-bond acceptors (Lipinski definition) is 4. The van der Waals surface area contributed by atoms with Gasteiger partial charge < -0.3 is 15.2 Å². The zero-order valence-corrected chi connectivity index (χ0v) is 17.9. The number of aromatic nitrogens is 2. The number of carboxylic acid groups (broad SMARTS) is 1. The van der Waals surface area contributed by atoms with Gasteiger partial charge in [0.1, 0.15) is 5.65 Å². The van der Waals surface area contributed by atoms with Crippen molar-refractivity contribution in [2.75, 3.05) is 18.8 Å². The highest BCUT2D eigenvalue weighted by molar-refractivity contribution is 5.70. The lowest BCUT2D eigenvalue weighted by atomic mass is 9.86. The molecule has 158 valence electrons. The lowest BCUT2D eigenvalue weighted by molar-refractivity contribution is -0.143. The molecule has 3 heterocycles.